The van der Waals surface area contributed by atoms with Crippen molar-refractivity contribution in [2.75, 3.05) is 13.7 Å². The molecule has 0 bridgehead atoms. The molecule has 0 amide bonds. The summed E-state index contributed by atoms with van der Waals surface area (Å²) in [6.07, 6.45) is 3.44. The Morgan fingerprint density at radius 2 is 2.16 bits per heavy atom. The molecule has 1 N–H and O–H groups in total. The molecule has 19 heavy (non-hydrogen) atoms. The minimum atomic E-state index is -0.987. The predicted octanol–water partition coefficient (Wildman–Crippen LogP) is 3.14. The van der Waals surface area contributed by atoms with Crippen molar-refractivity contribution in [3.63, 3.8) is 0 Å². The number of rotatable bonds is 7. The van der Waals surface area contributed by atoms with E-state index in [4.69, 9.17) is 14.6 Å². The molecule has 4 nitrogen and oxygen atoms in total. The lowest BCUT2D eigenvalue weighted by Crippen LogP contribution is -2.01. The van der Waals surface area contributed by atoms with Gasteiger partial charge in [0.25, 0.3) is 0 Å². The highest BCUT2D eigenvalue weighted by atomic mass is 16.5. The lowest BCUT2D eigenvalue weighted by Gasteiger charge is -2.11. The number of carbonyl (C=O) groups is 1. The first kappa shape index (κ1) is 14.8. The summed E-state index contributed by atoms with van der Waals surface area (Å²) in [6, 6.07) is 5.25. The van der Waals surface area contributed by atoms with Gasteiger partial charge in [0.05, 0.1) is 7.11 Å². The monoisotopic (exact) mass is 262 g/mol. The summed E-state index contributed by atoms with van der Waals surface area (Å²) in [5, 5.41) is 8.58. The van der Waals surface area contributed by atoms with E-state index in [0.29, 0.717) is 18.1 Å². The Bertz CT molecular complexity index is 489. The largest absolute Gasteiger partial charge is 0.493 e. The highest BCUT2D eigenvalue weighted by Gasteiger charge is 2.05. The zero-order valence-electron chi connectivity index (χ0n) is 11.2. The Hall–Kier alpha value is -2.23. The number of ether oxygens (including phenoxy) is 2. The van der Waals surface area contributed by atoms with Gasteiger partial charge in [0.15, 0.2) is 11.5 Å². The molecule has 0 aliphatic carbocycles. The van der Waals surface area contributed by atoms with E-state index in [0.717, 1.165) is 23.6 Å². The van der Waals surface area contributed by atoms with Crippen molar-refractivity contribution in [3.05, 3.63) is 42.0 Å². The molecule has 0 spiro atoms. The number of hydrogen-bond donors (Lipinski definition) is 1. The van der Waals surface area contributed by atoms with E-state index in [2.05, 4.69) is 6.58 Å². The number of carboxylic acids is 1. The van der Waals surface area contributed by atoms with Crippen LogP contribution in [-0.2, 0) is 4.79 Å². The van der Waals surface area contributed by atoms with Crippen LogP contribution in [0.5, 0.6) is 11.5 Å². The molecule has 0 atom stereocenters. The topological polar surface area (TPSA) is 55.8 Å². The van der Waals surface area contributed by atoms with Crippen LogP contribution < -0.4 is 9.47 Å². The quantitative estimate of drug-likeness (QED) is 0.606. The molecule has 4 heteroatoms. The average molecular weight is 262 g/mol. The zero-order chi connectivity index (χ0) is 14.3. The van der Waals surface area contributed by atoms with E-state index in [1.807, 2.05) is 6.92 Å². The van der Waals surface area contributed by atoms with Crippen LogP contribution in [0.15, 0.2) is 36.4 Å². The maximum atomic E-state index is 10.5. The van der Waals surface area contributed by atoms with Crippen molar-refractivity contribution in [2.45, 2.75) is 13.3 Å². The van der Waals surface area contributed by atoms with Crippen LogP contribution in [0.3, 0.4) is 0 Å². The van der Waals surface area contributed by atoms with Crippen molar-refractivity contribution >= 4 is 12.0 Å². The molecule has 0 aromatic heterocycles. The normalized spacial score (nSPS) is 10.4. The molecule has 1 aromatic rings. The lowest BCUT2D eigenvalue weighted by molar-refractivity contribution is -0.131. The van der Waals surface area contributed by atoms with Gasteiger partial charge in [-0.15, -0.1) is 0 Å². The van der Waals surface area contributed by atoms with Gasteiger partial charge in [-0.05, 0) is 35.8 Å². The summed E-state index contributed by atoms with van der Waals surface area (Å²) in [7, 11) is 1.54. The standard InChI is InChI=1S/C15H18O4/c1-4-11(2)10-19-13-7-5-12(6-8-15(16)17)9-14(13)18-3/h5-9H,2,4,10H2,1,3H3,(H,16,17). The first-order valence-electron chi connectivity index (χ1n) is 5.95. The van der Waals surface area contributed by atoms with Crippen molar-refractivity contribution in [1.29, 1.82) is 0 Å². The molecule has 1 aromatic carbocycles. The number of methoxy groups -OCH3 is 1. The minimum Gasteiger partial charge on any atom is -0.493 e. The Labute approximate surface area is 113 Å². The summed E-state index contributed by atoms with van der Waals surface area (Å²) in [5.41, 5.74) is 1.73. The van der Waals surface area contributed by atoms with Crippen LogP contribution in [0, 0.1) is 0 Å². The van der Waals surface area contributed by atoms with E-state index in [9.17, 15) is 4.79 Å². The third kappa shape index (κ3) is 4.87. The van der Waals surface area contributed by atoms with Gasteiger partial charge in [0.2, 0.25) is 0 Å². The van der Waals surface area contributed by atoms with Crippen LogP contribution in [0.1, 0.15) is 18.9 Å². The van der Waals surface area contributed by atoms with Crippen LogP contribution >= 0.6 is 0 Å². The van der Waals surface area contributed by atoms with Gasteiger partial charge in [0, 0.05) is 6.08 Å². The SMILES string of the molecule is C=C(CC)COc1ccc(C=CC(=O)O)cc1OC. The highest BCUT2D eigenvalue weighted by Crippen LogP contribution is 2.29. The Kier molecular flexibility index (Phi) is 5.67. The fourth-order valence-electron chi connectivity index (χ4n) is 1.36. The first-order valence-corrected chi connectivity index (χ1v) is 5.95. The maximum absolute atomic E-state index is 10.5. The Balaban J connectivity index is 2.84. The van der Waals surface area contributed by atoms with Crippen molar-refractivity contribution in [3.8, 4) is 11.5 Å². The summed E-state index contributed by atoms with van der Waals surface area (Å²) in [6.45, 7) is 6.33. The third-order valence-electron chi connectivity index (χ3n) is 2.54. The minimum absolute atomic E-state index is 0.442. The van der Waals surface area contributed by atoms with E-state index >= 15 is 0 Å². The smallest absolute Gasteiger partial charge is 0.328 e. The average Bonchev–Trinajstić information content (AvgIpc) is 2.42. The van der Waals surface area contributed by atoms with Crippen LogP contribution in [0.4, 0.5) is 0 Å². The number of hydrogen-bond acceptors (Lipinski definition) is 3. The summed E-state index contributed by atoms with van der Waals surface area (Å²) < 4.78 is 10.8. The van der Waals surface area contributed by atoms with Crippen molar-refractivity contribution < 1.29 is 19.4 Å². The van der Waals surface area contributed by atoms with Crippen LogP contribution in [0.2, 0.25) is 0 Å². The van der Waals surface area contributed by atoms with Crippen molar-refractivity contribution in [2.24, 2.45) is 0 Å². The molecule has 0 aliphatic rings. The van der Waals surface area contributed by atoms with Crippen LogP contribution in [0.25, 0.3) is 6.08 Å². The molecule has 0 radical (unpaired) electrons. The molecule has 0 heterocycles. The van der Waals surface area contributed by atoms with Gasteiger partial charge in [-0.2, -0.15) is 0 Å². The molecule has 102 valence electrons. The zero-order valence-corrected chi connectivity index (χ0v) is 11.2. The molecular formula is C15H18O4. The van der Waals surface area contributed by atoms with Gasteiger partial charge in [-0.1, -0.05) is 19.6 Å². The van der Waals surface area contributed by atoms with E-state index < -0.39 is 5.97 Å². The number of aliphatic carboxylic acids is 1. The third-order valence-corrected chi connectivity index (χ3v) is 2.54. The lowest BCUT2D eigenvalue weighted by atomic mass is 10.2. The number of benzene rings is 1. The Morgan fingerprint density at radius 3 is 2.74 bits per heavy atom. The fraction of sp³-hybridized carbons (Fsp3) is 0.267. The van der Waals surface area contributed by atoms with Crippen molar-refractivity contribution in [1.82, 2.24) is 0 Å². The van der Waals surface area contributed by atoms with Gasteiger partial charge in [-0.3, -0.25) is 0 Å². The fourth-order valence-corrected chi connectivity index (χ4v) is 1.36. The highest BCUT2D eigenvalue weighted by molar-refractivity contribution is 5.85. The first-order chi connectivity index (χ1) is 9.06. The second-order valence-electron chi connectivity index (χ2n) is 3.97. The summed E-state index contributed by atoms with van der Waals surface area (Å²) in [4.78, 5) is 10.5. The van der Waals surface area contributed by atoms with E-state index in [1.165, 1.54) is 6.08 Å². The van der Waals surface area contributed by atoms with E-state index in [1.54, 1.807) is 25.3 Å². The summed E-state index contributed by atoms with van der Waals surface area (Å²) in [5.74, 6) is 0.194. The molecule has 0 saturated heterocycles. The second kappa shape index (κ2) is 7.26. The van der Waals surface area contributed by atoms with Gasteiger partial charge in [0.1, 0.15) is 6.61 Å². The predicted molar refractivity (Wildman–Crippen MR) is 74.6 cm³/mol. The molecular weight excluding hydrogens is 244 g/mol. The Morgan fingerprint density at radius 1 is 1.42 bits per heavy atom. The number of carboxylic acid groups (broad SMARTS) is 1. The van der Waals surface area contributed by atoms with Gasteiger partial charge >= 0.3 is 5.97 Å². The van der Waals surface area contributed by atoms with Gasteiger partial charge < -0.3 is 14.6 Å². The van der Waals surface area contributed by atoms with Gasteiger partial charge in [-0.25, -0.2) is 4.79 Å². The molecule has 1 rings (SSSR count). The summed E-state index contributed by atoms with van der Waals surface area (Å²) >= 11 is 0. The molecule has 0 unspecified atom stereocenters. The molecule has 0 saturated carbocycles. The van der Waals surface area contributed by atoms with Crippen LogP contribution in [-0.4, -0.2) is 24.8 Å². The van der Waals surface area contributed by atoms with E-state index in [-0.39, 0.29) is 0 Å². The second-order valence-corrected chi connectivity index (χ2v) is 3.97. The molecule has 0 fully saturated rings. The maximum Gasteiger partial charge on any atom is 0.328 e. The molecule has 0 aliphatic heterocycles.